The Kier molecular flexibility index (Phi) is 3.79. The molecule has 102 valence electrons. The van der Waals surface area contributed by atoms with Crippen molar-refractivity contribution in [2.45, 2.75) is 0 Å². The summed E-state index contributed by atoms with van der Waals surface area (Å²) in [7, 11) is 0. The van der Waals surface area contributed by atoms with Crippen LogP contribution in [0, 0.1) is 0 Å². The van der Waals surface area contributed by atoms with Crippen molar-refractivity contribution >= 4 is 17.9 Å². The SMILES string of the molecule is O=Cc1ccoc1/C(=C/c1ccccc1)c1ccccc1. The predicted molar refractivity (Wildman–Crippen MR) is 84.0 cm³/mol. The maximum atomic E-state index is 11.2. The summed E-state index contributed by atoms with van der Waals surface area (Å²) in [5.41, 5.74) is 3.53. The van der Waals surface area contributed by atoms with Crippen molar-refractivity contribution in [2.75, 3.05) is 0 Å². The number of aldehydes is 1. The second kappa shape index (κ2) is 6.06. The molecule has 2 heteroatoms. The summed E-state index contributed by atoms with van der Waals surface area (Å²) in [6.07, 6.45) is 4.39. The molecule has 3 rings (SSSR count). The first-order valence-electron chi connectivity index (χ1n) is 6.73. The highest BCUT2D eigenvalue weighted by atomic mass is 16.3. The van der Waals surface area contributed by atoms with Gasteiger partial charge in [0, 0.05) is 5.57 Å². The maximum absolute atomic E-state index is 11.2. The van der Waals surface area contributed by atoms with Crippen molar-refractivity contribution in [1.82, 2.24) is 0 Å². The van der Waals surface area contributed by atoms with Crippen LogP contribution in [-0.2, 0) is 0 Å². The molecule has 0 aliphatic carbocycles. The Morgan fingerprint density at radius 1 is 0.857 bits per heavy atom. The van der Waals surface area contributed by atoms with Gasteiger partial charge in [-0.25, -0.2) is 0 Å². The summed E-state index contributed by atoms with van der Waals surface area (Å²) in [5, 5.41) is 0. The van der Waals surface area contributed by atoms with E-state index in [9.17, 15) is 4.79 Å². The number of hydrogen-bond donors (Lipinski definition) is 0. The zero-order chi connectivity index (χ0) is 14.5. The van der Waals surface area contributed by atoms with Crippen LogP contribution >= 0.6 is 0 Å². The monoisotopic (exact) mass is 274 g/mol. The van der Waals surface area contributed by atoms with Crippen molar-refractivity contribution in [3.8, 4) is 0 Å². The summed E-state index contributed by atoms with van der Waals surface area (Å²) < 4.78 is 5.54. The number of hydrogen-bond acceptors (Lipinski definition) is 2. The molecule has 0 atom stereocenters. The Balaban J connectivity index is 2.17. The minimum Gasteiger partial charge on any atom is -0.464 e. The molecule has 0 saturated heterocycles. The summed E-state index contributed by atoms with van der Waals surface area (Å²) in [4.78, 5) is 11.2. The van der Waals surface area contributed by atoms with Crippen molar-refractivity contribution in [3.05, 3.63) is 95.4 Å². The molecule has 21 heavy (non-hydrogen) atoms. The molecule has 0 N–H and O–H groups in total. The summed E-state index contributed by atoms with van der Waals surface area (Å²) in [5.74, 6) is 0.597. The molecule has 3 aromatic rings. The minimum atomic E-state index is 0.557. The molecule has 0 spiro atoms. The van der Waals surface area contributed by atoms with E-state index in [-0.39, 0.29) is 0 Å². The number of carbonyl (C=O) groups excluding carboxylic acids is 1. The van der Waals surface area contributed by atoms with Gasteiger partial charge in [-0.15, -0.1) is 0 Å². The van der Waals surface area contributed by atoms with Crippen LogP contribution in [0.4, 0.5) is 0 Å². The van der Waals surface area contributed by atoms with E-state index in [1.807, 2.05) is 66.7 Å². The summed E-state index contributed by atoms with van der Waals surface area (Å²) >= 11 is 0. The number of benzene rings is 2. The molecule has 0 amide bonds. The van der Waals surface area contributed by atoms with E-state index in [0.29, 0.717) is 11.3 Å². The molecule has 2 nitrogen and oxygen atoms in total. The van der Waals surface area contributed by atoms with Crippen molar-refractivity contribution in [2.24, 2.45) is 0 Å². The third kappa shape index (κ3) is 2.84. The van der Waals surface area contributed by atoms with Crippen LogP contribution in [0.3, 0.4) is 0 Å². The molecule has 0 saturated carbocycles. The zero-order valence-electron chi connectivity index (χ0n) is 11.4. The highest BCUT2D eigenvalue weighted by Crippen LogP contribution is 2.28. The molecular weight excluding hydrogens is 260 g/mol. The first-order valence-corrected chi connectivity index (χ1v) is 6.73. The number of rotatable bonds is 4. The topological polar surface area (TPSA) is 30.2 Å². The second-order valence-electron chi connectivity index (χ2n) is 4.66. The highest BCUT2D eigenvalue weighted by Gasteiger charge is 2.13. The Morgan fingerprint density at radius 3 is 2.19 bits per heavy atom. The van der Waals surface area contributed by atoms with E-state index in [1.165, 1.54) is 0 Å². The van der Waals surface area contributed by atoms with Crippen LogP contribution in [0.15, 0.2) is 77.4 Å². The van der Waals surface area contributed by atoms with Crippen LogP contribution in [0.2, 0.25) is 0 Å². The lowest BCUT2D eigenvalue weighted by molar-refractivity contribution is 0.112. The maximum Gasteiger partial charge on any atom is 0.153 e. The van der Waals surface area contributed by atoms with Crippen molar-refractivity contribution in [3.63, 3.8) is 0 Å². The molecule has 0 radical (unpaired) electrons. The molecule has 0 unspecified atom stereocenters. The van der Waals surface area contributed by atoms with E-state index in [1.54, 1.807) is 12.3 Å². The fourth-order valence-corrected chi connectivity index (χ4v) is 2.24. The molecule has 1 aromatic heterocycles. The lowest BCUT2D eigenvalue weighted by atomic mass is 9.98. The normalized spacial score (nSPS) is 11.3. The highest BCUT2D eigenvalue weighted by molar-refractivity contribution is 5.95. The third-order valence-corrected chi connectivity index (χ3v) is 3.26. The fraction of sp³-hybridized carbons (Fsp3) is 0. The molecular formula is C19H14O2. The number of carbonyl (C=O) groups is 1. The first kappa shape index (κ1) is 13.1. The zero-order valence-corrected chi connectivity index (χ0v) is 11.4. The molecule has 2 aromatic carbocycles. The minimum absolute atomic E-state index is 0.557. The van der Waals surface area contributed by atoms with Gasteiger partial charge in [-0.05, 0) is 23.3 Å². The van der Waals surface area contributed by atoms with Crippen LogP contribution in [0.25, 0.3) is 11.6 Å². The fourth-order valence-electron chi connectivity index (χ4n) is 2.24. The molecule has 0 bridgehead atoms. The lowest BCUT2D eigenvalue weighted by Gasteiger charge is -2.06. The van der Waals surface area contributed by atoms with Gasteiger partial charge in [0.25, 0.3) is 0 Å². The van der Waals surface area contributed by atoms with E-state index < -0.39 is 0 Å². The van der Waals surface area contributed by atoms with E-state index in [4.69, 9.17) is 4.42 Å². The Morgan fingerprint density at radius 2 is 1.52 bits per heavy atom. The average Bonchev–Trinajstić information content (AvgIpc) is 3.03. The second-order valence-corrected chi connectivity index (χ2v) is 4.66. The van der Waals surface area contributed by atoms with Gasteiger partial charge in [0.1, 0.15) is 5.76 Å². The van der Waals surface area contributed by atoms with Crippen molar-refractivity contribution < 1.29 is 9.21 Å². The van der Waals surface area contributed by atoms with Crippen LogP contribution in [-0.4, -0.2) is 6.29 Å². The van der Waals surface area contributed by atoms with Crippen LogP contribution in [0.5, 0.6) is 0 Å². The Labute approximate surface area is 123 Å². The molecule has 0 aliphatic heterocycles. The van der Waals surface area contributed by atoms with Gasteiger partial charge < -0.3 is 4.42 Å². The van der Waals surface area contributed by atoms with Crippen molar-refractivity contribution in [1.29, 1.82) is 0 Å². The predicted octanol–water partition coefficient (Wildman–Crippen LogP) is 4.68. The lowest BCUT2D eigenvalue weighted by Crippen LogP contribution is -1.90. The van der Waals surface area contributed by atoms with Gasteiger partial charge in [-0.3, -0.25) is 4.79 Å². The quantitative estimate of drug-likeness (QED) is 0.510. The van der Waals surface area contributed by atoms with Gasteiger partial charge in [0.15, 0.2) is 6.29 Å². The van der Waals surface area contributed by atoms with Crippen LogP contribution < -0.4 is 0 Å². The average molecular weight is 274 g/mol. The molecule has 0 fully saturated rings. The Hall–Kier alpha value is -2.87. The third-order valence-electron chi connectivity index (χ3n) is 3.26. The van der Waals surface area contributed by atoms with Gasteiger partial charge >= 0.3 is 0 Å². The van der Waals surface area contributed by atoms with E-state index >= 15 is 0 Å². The molecule has 1 heterocycles. The van der Waals surface area contributed by atoms with Gasteiger partial charge in [-0.2, -0.15) is 0 Å². The largest absolute Gasteiger partial charge is 0.464 e. The standard InChI is InChI=1S/C19H14O2/c20-14-17-11-12-21-19(17)18(16-9-5-2-6-10-16)13-15-7-3-1-4-8-15/h1-14H/b18-13+. The molecule has 0 aliphatic rings. The van der Waals surface area contributed by atoms with Gasteiger partial charge in [-0.1, -0.05) is 60.7 Å². The van der Waals surface area contributed by atoms with E-state index in [0.717, 1.165) is 23.0 Å². The summed E-state index contributed by atoms with van der Waals surface area (Å²) in [6, 6.07) is 21.6. The summed E-state index contributed by atoms with van der Waals surface area (Å²) in [6.45, 7) is 0. The van der Waals surface area contributed by atoms with Gasteiger partial charge in [0.05, 0.1) is 11.8 Å². The van der Waals surface area contributed by atoms with Crippen LogP contribution in [0.1, 0.15) is 27.2 Å². The smallest absolute Gasteiger partial charge is 0.153 e. The number of furan rings is 1. The Bertz CT molecular complexity index is 753. The van der Waals surface area contributed by atoms with Gasteiger partial charge in [0.2, 0.25) is 0 Å². The first-order chi connectivity index (χ1) is 10.4. The van der Waals surface area contributed by atoms with E-state index in [2.05, 4.69) is 0 Å².